The molecule has 0 saturated heterocycles. The maximum absolute atomic E-state index is 12.7. The molecule has 0 bridgehead atoms. The summed E-state index contributed by atoms with van der Waals surface area (Å²) in [5.41, 5.74) is 0.798. The van der Waals surface area contributed by atoms with Crippen LogP contribution in [0.1, 0.15) is 26.9 Å². The molecule has 3 heterocycles. The number of thiophene rings is 1. The first-order valence-corrected chi connectivity index (χ1v) is 9.40. The average molecular weight is 409 g/mol. The number of aromatic amines is 1. The molecule has 0 aliphatic rings. The smallest absolute Gasteiger partial charge is 0.261 e. The van der Waals surface area contributed by atoms with E-state index in [1.807, 2.05) is 14.0 Å². The van der Waals surface area contributed by atoms with Crippen LogP contribution >= 0.6 is 23.6 Å². The van der Waals surface area contributed by atoms with Crippen LogP contribution in [0.3, 0.4) is 0 Å². The van der Waals surface area contributed by atoms with Crippen LogP contribution in [0.5, 0.6) is 5.88 Å². The van der Waals surface area contributed by atoms with Crippen LogP contribution in [0.2, 0.25) is 0 Å². The molecule has 0 saturated carbocycles. The molecule has 144 valence electrons. The van der Waals surface area contributed by atoms with Gasteiger partial charge < -0.3 is 19.4 Å². The van der Waals surface area contributed by atoms with E-state index in [4.69, 9.17) is 21.7 Å². The molecule has 0 spiro atoms. The Morgan fingerprint density at radius 3 is 2.78 bits per heavy atom. The van der Waals surface area contributed by atoms with Gasteiger partial charge in [-0.25, -0.2) is 4.98 Å². The monoisotopic (exact) mass is 408 g/mol. The maximum atomic E-state index is 12.7. The molecule has 0 aliphatic heterocycles. The van der Waals surface area contributed by atoms with E-state index in [1.54, 1.807) is 18.8 Å². The third-order valence-corrected chi connectivity index (χ3v) is 5.63. The van der Waals surface area contributed by atoms with Crippen LogP contribution in [-0.2, 0) is 24.8 Å². The summed E-state index contributed by atoms with van der Waals surface area (Å²) in [6.45, 7) is 2.58. The van der Waals surface area contributed by atoms with E-state index in [-0.39, 0.29) is 12.5 Å². The number of ether oxygens (including phenoxy) is 2. The van der Waals surface area contributed by atoms with Gasteiger partial charge in [0.2, 0.25) is 5.88 Å². The second-order valence-corrected chi connectivity index (χ2v) is 7.21. The summed E-state index contributed by atoms with van der Waals surface area (Å²) >= 11 is 6.40. The Kier molecular flexibility index (Phi) is 5.82. The first-order chi connectivity index (χ1) is 13.0. The second-order valence-electron chi connectivity index (χ2n) is 5.83. The summed E-state index contributed by atoms with van der Waals surface area (Å²) in [4.78, 5) is 22.8. The van der Waals surface area contributed by atoms with Gasteiger partial charge in [0.05, 0.1) is 17.4 Å². The molecule has 0 aliphatic carbocycles. The lowest BCUT2D eigenvalue weighted by Gasteiger charge is -2.05. The molecule has 0 unspecified atom stereocenters. The van der Waals surface area contributed by atoms with Gasteiger partial charge in [0.25, 0.3) is 5.91 Å². The molecule has 9 nitrogen and oxygen atoms in total. The van der Waals surface area contributed by atoms with E-state index >= 15 is 0 Å². The minimum Gasteiger partial charge on any atom is -0.480 e. The Balaban J connectivity index is 1.81. The summed E-state index contributed by atoms with van der Waals surface area (Å²) in [6.07, 6.45) is 0.570. The molecular formula is C16H20N6O3S2. The number of rotatable bonds is 7. The van der Waals surface area contributed by atoms with Gasteiger partial charge in [0.15, 0.2) is 10.6 Å². The van der Waals surface area contributed by atoms with Crippen molar-refractivity contribution in [2.45, 2.75) is 20.0 Å². The van der Waals surface area contributed by atoms with Gasteiger partial charge in [0, 0.05) is 27.1 Å². The molecule has 1 amide bonds. The van der Waals surface area contributed by atoms with Crippen LogP contribution in [0.25, 0.3) is 10.2 Å². The van der Waals surface area contributed by atoms with Gasteiger partial charge in [-0.2, -0.15) is 10.1 Å². The highest BCUT2D eigenvalue weighted by atomic mass is 32.1. The number of aryl methyl sites for hydroxylation is 1. The van der Waals surface area contributed by atoms with E-state index < -0.39 is 0 Å². The standard InChI is InChI=1S/C16H20N6O3S2/c1-8-11-14(25-4)18-9(7-24-3)19-15(11)27-12(8)13(23)17-6-5-10-20-21-16(26)22(10)2/h5-7H2,1-4H3,(H,17,23)(H,21,26). The van der Waals surface area contributed by atoms with Crippen molar-refractivity contribution in [3.8, 4) is 5.88 Å². The lowest BCUT2D eigenvalue weighted by molar-refractivity contribution is 0.0957. The van der Waals surface area contributed by atoms with Crippen LogP contribution < -0.4 is 10.1 Å². The van der Waals surface area contributed by atoms with E-state index in [9.17, 15) is 4.79 Å². The summed E-state index contributed by atoms with van der Waals surface area (Å²) in [5, 5.41) is 10.5. The van der Waals surface area contributed by atoms with E-state index in [1.165, 1.54) is 11.3 Å². The number of aromatic nitrogens is 5. The quantitative estimate of drug-likeness (QED) is 0.575. The SMILES string of the molecule is COCc1nc(OC)c2c(C)c(C(=O)NCCc3n[nH]c(=S)n3C)sc2n1. The predicted octanol–water partition coefficient (Wildman–Crippen LogP) is 1.92. The minimum atomic E-state index is -0.164. The molecule has 0 atom stereocenters. The average Bonchev–Trinajstić information content (AvgIpc) is 3.15. The fraction of sp³-hybridized carbons (Fsp3) is 0.438. The van der Waals surface area contributed by atoms with Gasteiger partial charge in [-0.05, 0) is 24.7 Å². The highest BCUT2D eigenvalue weighted by Crippen LogP contribution is 2.34. The van der Waals surface area contributed by atoms with Crippen molar-refractivity contribution in [3.05, 3.63) is 26.9 Å². The molecule has 3 aromatic rings. The van der Waals surface area contributed by atoms with Crippen molar-refractivity contribution >= 4 is 39.7 Å². The van der Waals surface area contributed by atoms with Crippen molar-refractivity contribution in [1.82, 2.24) is 30.0 Å². The molecule has 3 aromatic heterocycles. The summed E-state index contributed by atoms with van der Waals surface area (Å²) in [5.74, 6) is 1.58. The summed E-state index contributed by atoms with van der Waals surface area (Å²) in [7, 11) is 4.96. The van der Waals surface area contributed by atoms with E-state index in [2.05, 4.69) is 25.5 Å². The van der Waals surface area contributed by atoms with Gasteiger partial charge in [-0.15, -0.1) is 11.3 Å². The summed E-state index contributed by atoms with van der Waals surface area (Å²) in [6, 6.07) is 0. The summed E-state index contributed by atoms with van der Waals surface area (Å²) < 4.78 is 12.8. The second kappa shape index (κ2) is 8.11. The minimum absolute atomic E-state index is 0.164. The van der Waals surface area contributed by atoms with Crippen molar-refractivity contribution < 1.29 is 14.3 Å². The highest BCUT2D eigenvalue weighted by molar-refractivity contribution is 7.71. The van der Waals surface area contributed by atoms with Crippen molar-refractivity contribution in [2.24, 2.45) is 7.05 Å². The van der Waals surface area contributed by atoms with E-state index in [0.29, 0.717) is 39.1 Å². The molecule has 11 heteroatoms. The van der Waals surface area contributed by atoms with Crippen molar-refractivity contribution in [3.63, 3.8) is 0 Å². The van der Waals surface area contributed by atoms with Gasteiger partial charge in [-0.3, -0.25) is 9.89 Å². The predicted molar refractivity (Wildman–Crippen MR) is 104 cm³/mol. The maximum Gasteiger partial charge on any atom is 0.261 e. The first kappa shape index (κ1) is 19.4. The van der Waals surface area contributed by atoms with Crippen LogP contribution in [0, 0.1) is 11.7 Å². The number of hydrogen-bond acceptors (Lipinski definition) is 8. The third-order valence-electron chi connectivity index (χ3n) is 4.08. The van der Waals surface area contributed by atoms with Crippen LogP contribution in [0.15, 0.2) is 0 Å². The van der Waals surface area contributed by atoms with Crippen molar-refractivity contribution in [1.29, 1.82) is 0 Å². The zero-order valence-electron chi connectivity index (χ0n) is 15.5. The number of fused-ring (bicyclic) bond motifs is 1. The lowest BCUT2D eigenvalue weighted by atomic mass is 10.2. The van der Waals surface area contributed by atoms with Crippen molar-refractivity contribution in [2.75, 3.05) is 20.8 Å². The lowest BCUT2D eigenvalue weighted by Crippen LogP contribution is -2.26. The normalized spacial score (nSPS) is 11.1. The molecule has 0 aromatic carbocycles. The van der Waals surface area contributed by atoms with Gasteiger partial charge >= 0.3 is 0 Å². The number of H-pyrrole nitrogens is 1. The highest BCUT2D eigenvalue weighted by Gasteiger charge is 2.21. The number of carbonyl (C=O) groups is 1. The van der Waals surface area contributed by atoms with E-state index in [0.717, 1.165) is 16.8 Å². The zero-order chi connectivity index (χ0) is 19.6. The number of nitrogens with zero attached hydrogens (tertiary/aromatic N) is 4. The largest absolute Gasteiger partial charge is 0.480 e. The zero-order valence-corrected chi connectivity index (χ0v) is 17.1. The number of hydrogen-bond donors (Lipinski definition) is 2. The Bertz CT molecular complexity index is 1040. The third kappa shape index (κ3) is 3.84. The van der Waals surface area contributed by atoms with Crippen LogP contribution in [0.4, 0.5) is 0 Å². The van der Waals surface area contributed by atoms with Gasteiger partial charge in [-0.1, -0.05) is 0 Å². The molecule has 2 N–H and O–H groups in total. The Morgan fingerprint density at radius 1 is 1.37 bits per heavy atom. The number of carbonyl (C=O) groups excluding carboxylic acids is 1. The van der Waals surface area contributed by atoms with Gasteiger partial charge in [0.1, 0.15) is 17.3 Å². The Labute approximate surface area is 164 Å². The molecule has 27 heavy (non-hydrogen) atoms. The molecular weight excluding hydrogens is 388 g/mol. The fourth-order valence-corrected chi connectivity index (χ4v) is 3.93. The Morgan fingerprint density at radius 2 is 2.15 bits per heavy atom. The fourth-order valence-electron chi connectivity index (χ4n) is 2.67. The topological polar surface area (TPSA) is 107 Å². The number of amides is 1. The molecule has 0 fully saturated rings. The first-order valence-electron chi connectivity index (χ1n) is 8.17. The van der Waals surface area contributed by atoms with Crippen LogP contribution in [-0.4, -0.2) is 51.4 Å². The number of nitrogens with one attached hydrogen (secondary N) is 2. The Hall–Kier alpha value is -2.37. The molecule has 0 radical (unpaired) electrons. The molecule has 3 rings (SSSR count). The number of methoxy groups -OCH3 is 2.